The largest absolute Gasteiger partial charge is 0.497 e. The number of halogens is 1. The van der Waals surface area contributed by atoms with Crippen molar-refractivity contribution in [2.75, 3.05) is 20.5 Å². The van der Waals surface area contributed by atoms with Gasteiger partial charge in [-0.05, 0) is 49.2 Å². The van der Waals surface area contributed by atoms with Crippen LogP contribution in [-0.4, -0.2) is 44.4 Å². The zero-order chi connectivity index (χ0) is 25.9. The number of aryl methyl sites for hydroxylation is 1. The molecule has 0 unspecified atom stereocenters. The first-order valence-electron chi connectivity index (χ1n) is 11.5. The summed E-state index contributed by atoms with van der Waals surface area (Å²) in [5.41, 5.74) is 0.475. The highest BCUT2D eigenvalue weighted by Gasteiger charge is 2.34. The fraction of sp³-hybridized carbons (Fsp3) is 0.360. The lowest BCUT2D eigenvalue weighted by Gasteiger charge is -2.14. The summed E-state index contributed by atoms with van der Waals surface area (Å²) in [4.78, 5) is 17.6. The number of hydrogen-bond acceptors (Lipinski definition) is 8. The topological polar surface area (TPSA) is 106 Å². The standard InChI is InChI=1S/C25H27ClN2O7S/c1-4-6-7-22-27-24(36(30,31)18-10-8-17(32-3)9-11-18)23(25(29)33-5-2)28(22)14-16-12-20-21(13-19(16)26)35-15-34-20/h8-13H,4-7,14-15H2,1-3H3. The molecule has 0 radical (unpaired) electrons. The summed E-state index contributed by atoms with van der Waals surface area (Å²) < 4.78 is 50.2. The molecule has 0 saturated heterocycles. The molecule has 4 rings (SSSR count). The van der Waals surface area contributed by atoms with E-state index in [-0.39, 0.29) is 35.6 Å². The fourth-order valence-corrected chi connectivity index (χ4v) is 5.48. The van der Waals surface area contributed by atoms with Gasteiger partial charge < -0.3 is 23.5 Å². The molecule has 0 bridgehead atoms. The SMILES string of the molecule is CCCCc1nc(S(=O)(=O)c2ccc(OC)cc2)c(C(=O)OCC)n1Cc1cc2c(cc1Cl)OCO2. The molecule has 0 fully saturated rings. The number of aromatic nitrogens is 2. The molecular formula is C25H27ClN2O7S. The molecule has 0 atom stereocenters. The number of hydrogen-bond donors (Lipinski definition) is 0. The summed E-state index contributed by atoms with van der Waals surface area (Å²) in [5, 5.41) is 0.0397. The van der Waals surface area contributed by atoms with Crippen LogP contribution < -0.4 is 14.2 Å². The Hall–Kier alpha value is -3.24. The third-order valence-electron chi connectivity index (χ3n) is 5.73. The normalized spacial score (nSPS) is 12.6. The van der Waals surface area contributed by atoms with Crippen molar-refractivity contribution in [3.05, 3.63) is 58.5 Å². The van der Waals surface area contributed by atoms with Gasteiger partial charge in [-0.15, -0.1) is 0 Å². The molecule has 11 heteroatoms. The van der Waals surface area contributed by atoms with E-state index in [2.05, 4.69) is 4.98 Å². The Kier molecular flexibility index (Phi) is 7.75. The second kappa shape index (κ2) is 10.8. The van der Waals surface area contributed by atoms with E-state index in [0.717, 1.165) is 12.8 Å². The van der Waals surface area contributed by atoms with Gasteiger partial charge in [0.2, 0.25) is 16.6 Å². The smallest absolute Gasteiger partial charge is 0.358 e. The zero-order valence-electron chi connectivity index (χ0n) is 20.2. The highest BCUT2D eigenvalue weighted by molar-refractivity contribution is 7.91. The third kappa shape index (κ3) is 5.01. The van der Waals surface area contributed by atoms with Gasteiger partial charge >= 0.3 is 5.97 Å². The second-order valence-corrected chi connectivity index (χ2v) is 10.3. The Morgan fingerprint density at radius 3 is 2.47 bits per heavy atom. The number of sulfone groups is 1. The van der Waals surface area contributed by atoms with E-state index in [9.17, 15) is 13.2 Å². The molecule has 3 aromatic rings. The van der Waals surface area contributed by atoms with Crippen LogP contribution in [0.25, 0.3) is 0 Å². The molecular weight excluding hydrogens is 508 g/mol. The summed E-state index contributed by atoms with van der Waals surface area (Å²) in [5.74, 6) is 1.21. The van der Waals surface area contributed by atoms with Crippen molar-refractivity contribution in [3.63, 3.8) is 0 Å². The van der Waals surface area contributed by atoms with Crippen LogP contribution in [-0.2, 0) is 27.5 Å². The van der Waals surface area contributed by atoms with Crippen molar-refractivity contribution in [2.24, 2.45) is 0 Å². The molecule has 0 N–H and O–H groups in total. The van der Waals surface area contributed by atoms with E-state index in [0.29, 0.717) is 40.1 Å². The van der Waals surface area contributed by atoms with Gasteiger partial charge in [-0.1, -0.05) is 24.9 Å². The van der Waals surface area contributed by atoms with E-state index in [1.165, 1.54) is 31.4 Å². The molecule has 1 aliphatic heterocycles. The van der Waals surface area contributed by atoms with Gasteiger partial charge in [-0.3, -0.25) is 0 Å². The molecule has 1 aliphatic rings. The molecule has 0 aliphatic carbocycles. The van der Waals surface area contributed by atoms with Gasteiger partial charge in [0.05, 0.1) is 25.2 Å². The van der Waals surface area contributed by atoms with Crippen molar-refractivity contribution in [1.29, 1.82) is 0 Å². The van der Waals surface area contributed by atoms with Crippen LogP contribution in [0.1, 0.15) is 48.6 Å². The van der Waals surface area contributed by atoms with Gasteiger partial charge in [-0.2, -0.15) is 0 Å². The van der Waals surface area contributed by atoms with Crippen LogP contribution in [0.15, 0.2) is 46.3 Å². The highest BCUT2D eigenvalue weighted by Crippen LogP contribution is 2.38. The van der Waals surface area contributed by atoms with E-state index in [1.54, 1.807) is 23.6 Å². The number of carbonyl (C=O) groups excluding carboxylic acids is 1. The van der Waals surface area contributed by atoms with Crippen molar-refractivity contribution in [3.8, 4) is 17.2 Å². The first kappa shape index (κ1) is 25.8. The molecule has 36 heavy (non-hydrogen) atoms. The monoisotopic (exact) mass is 534 g/mol. The van der Waals surface area contributed by atoms with E-state index < -0.39 is 15.8 Å². The van der Waals surface area contributed by atoms with E-state index >= 15 is 0 Å². The van der Waals surface area contributed by atoms with Crippen LogP contribution >= 0.6 is 11.6 Å². The van der Waals surface area contributed by atoms with Crippen molar-refractivity contribution < 1.29 is 32.2 Å². The Balaban J connectivity index is 1.88. The minimum Gasteiger partial charge on any atom is -0.497 e. The quantitative estimate of drug-likeness (QED) is 0.345. The maximum absolute atomic E-state index is 13.7. The molecule has 9 nitrogen and oxygen atoms in total. The average Bonchev–Trinajstić information content (AvgIpc) is 3.47. The lowest BCUT2D eigenvalue weighted by Crippen LogP contribution is -2.18. The van der Waals surface area contributed by atoms with Crippen molar-refractivity contribution in [2.45, 2.75) is 49.6 Å². The summed E-state index contributed by atoms with van der Waals surface area (Å²) in [6, 6.07) is 9.28. The van der Waals surface area contributed by atoms with Crippen LogP contribution in [0.4, 0.5) is 0 Å². The number of esters is 1. The summed E-state index contributed by atoms with van der Waals surface area (Å²) >= 11 is 6.51. The number of nitrogens with zero attached hydrogens (tertiary/aromatic N) is 2. The minimum atomic E-state index is -4.16. The lowest BCUT2D eigenvalue weighted by molar-refractivity contribution is 0.0509. The van der Waals surface area contributed by atoms with Gasteiger partial charge in [0.15, 0.2) is 22.2 Å². The molecule has 0 amide bonds. The lowest BCUT2D eigenvalue weighted by atomic mass is 10.2. The number of benzene rings is 2. The first-order valence-corrected chi connectivity index (χ1v) is 13.4. The number of unbranched alkanes of at least 4 members (excludes halogenated alkanes) is 1. The number of methoxy groups -OCH3 is 1. The van der Waals surface area contributed by atoms with Crippen molar-refractivity contribution in [1.82, 2.24) is 9.55 Å². The first-order chi connectivity index (χ1) is 17.3. The summed E-state index contributed by atoms with van der Waals surface area (Å²) in [6.45, 7) is 3.92. The molecule has 0 saturated carbocycles. The molecule has 1 aromatic heterocycles. The van der Waals surface area contributed by atoms with Crippen LogP contribution in [0.5, 0.6) is 17.2 Å². The van der Waals surface area contributed by atoms with Gasteiger partial charge in [0.25, 0.3) is 0 Å². The van der Waals surface area contributed by atoms with Gasteiger partial charge in [0, 0.05) is 17.5 Å². The van der Waals surface area contributed by atoms with Crippen LogP contribution in [0, 0.1) is 0 Å². The molecule has 2 heterocycles. The Labute approximate surface area is 214 Å². The minimum absolute atomic E-state index is 0.0124. The van der Waals surface area contributed by atoms with Crippen LogP contribution in [0.3, 0.4) is 0 Å². The number of fused-ring (bicyclic) bond motifs is 1. The highest BCUT2D eigenvalue weighted by atomic mass is 35.5. The van der Waals surface area contributed by atoms with E-state index in [1.807, 2.05) is 6.92 Å². The summed E-state index contributed by atoms with van der Waals surface area (Å²) in [6.07, 6.45) is 2.06. The van der Waals surface area contributed by atoms with Gasteiger partial charge in [0.1, 0.15) is 11.6 Å². The predicted octanol–water partition coefficient (Wildman–Crippen LogP) is 4.67. The molecule has 2 aromatic carbocycles. The fourth-order valence-electron chi connectivity index (χ4n) is 3.87. The van der Waals surface area contributed by atoms with Gasteiger partial charge in [-0.25, -0.2) is 18.2 Å². The number of rotatable bonds is 10. The molecule has 0 spiro atoms. The molecule has 192 valence electrons. The number of carbonyl (C=O) groups is 1. The third-order valence-corrected chi connectivity index (χ3v) is 7.77. The number of ether oxygens (including phenoxy) is 4. The van der Waals surface area contributed by atoms with E-state index in [4.69, 9.17) is 30.5 Å². The second-order valence-electron chi connectivity index (χ2n) is 8.07. The Morgan fingerprint density at radius 2 is 1.83 bits per heavy atom. The average molecular weight is 535 g/mol. The Morgan fingerprint density at radius 1 is 1.14 bits per heavy atom. The predicted molar refractivity (Wildman–Crippen MR) is 132 cm³/mol. The van der Waals surface area contributed by atoms with Crippen molar-refractivity contribution >= 4 is 27.4 Å². The number of imidazole rings is 1. The maximum atomic E-state index is 13.7. The maximum Gasteiger partial charge on any atom is 0.358 e. The van der Waals surface area contributed by atoms with Crippen LogP contribution in [0.2, 0.25) is 5.02 Å². The summed E-state index contributed by atoms with van der Waals surface area (Å²) in [7, 11) is -2.67. The Bertz CT molecular complexity index is 1370. The zero-order valence-corrected chi connectivity index (χ0v) is 21.8.